The minimum absolute atomic E-state index is 0.564. The molecule has 1 N–H and O–H groups in total. The summed E-state index contributed by atoms with van der Waals surface area (Å²) in [4.78, 5) is 4.46. The quantitative estimate of drug-likeness (QED) is 0.910. The molecule has 1 fully saturated rings. The second kappa shape index (κ2) is 6.22. The highest BCUT2D eigenvalue weighted by atomic mass is 16.5. The highest BCUT2D eigenvalue weighted by molar-refractivity contribution is 5.39. The van der Waals surface area contributed by atoms with E-state index in [1.165, 1.54) is 5.56 Å². The van der Waals surface area contributed by atoms with E-state index in [2.05, 4.69) is 33.6 Å². The first kappa shape index (κ1) is 14.0. The van der Waals surface area contributed by atoms with E-state index in [1.54, 1.807) is 0 Å². The van der Waals surface area contributed by atoms with Crippen LogP contribution < -0.4 is 5.32 Å². The molecule has 1 saturated heterocycles. The fourth-order valence-electron chi connectivity index (χ4n) is 2.61. The lowest BCUT2D eigenvalue weighted by molar-refractivity contribution is 0.181. The highest BCUT2D eigenvalue weighted by Crippen LogP contribution is 2.14. The molecular weight excluding hydrogens is 266 g/mol. The van der Waals surface area contributed by atoms with Gasteiger partial charge < -0.3 is 10.1 Å². The van der Waals surface area contributed by atoms with Gasteiger partial charge in [0.1, 0.15) is 11.5 Å². The predicted molar refractivity (Wildman–Crippen MR) is 80.0 cm³/mol. The van der Waals surface area contributed by atoms with Crippen molar-refractivity contribution in [3.63, 3.8) is 0 Å². The smallest absolute Gasteiger partial charge is 0.126 e. The summed E-state index contributed by atoms with van der Waals surface area (Å²) < 4.78 is 7.29. The van der Waals surface area contributed by atoms with E-state index < -0.39 is 0 Å². The summed E-state index contributed by atoms with van der Waals surface area (Å²) >= 11 is 0. The van der Waals surface area contributed by atoms with Crippen molar-refractivity contribution in [3.05, 3.63) is 35.3 Å². The van der Waals surface area contributed by atoms with Crippen LogP contribution in [0.1, 0.15) is 23.4 Å². The van der Waals surface area contributed by atoms with Crippen molar-refractivity contribution in [2.24, 2.45) is 5.92 Å². The summed E-state index contributed by atoms with van der Waals surface area (Å²) in [5.74, 6) is 1.44. The van der Waals surface area contributed by atoms with Crippen LogP contribution in [-0.4, -0.2) is 33.2 Å². The molecular formula is C15H21N5O. The number of anilines is 1. The van der Waals surface area contributed by atoms with E-state index >= 15 is 0 Å². The van der Waals surface area contributed by atoms with Crippen LogP contribution in [0.5, 0.6) is 0 Å². The minimum atomic E-state index is 0.564. The van der Waals surface area contributed by atoms with Gasteiger partial charge in [-0.1, -0.05) is 5.21 Å². The van der Waals surface area contributed by atoms with E-state index in [1.807, 2.05) is 23.9 Å². The standard InChI is InChI=1S/C15H21N5O/c1-11-5-12(2)17-15(6-11)16-7-14-9-20(19-18-14)8-13-3-4-21-10-13/h5-6,9,13H,3-4,7-8,10H2,1-2H3,(H,16,17). The van der Waals surface area contributed by atoms with Crippen molar-refractivity contribution < 1.29 is 4.74 Å². The van der Waals surface area contributed by atoms with Crippen molar-refractivity contribution in [2.75, 3.05) is 18.5 Å². The van der Waals surface area contributed by atoms with Crippen molar-refractivity contribution >= 4 is 5.82 Å². The zero-order valence-corrected chi connectivity index (χ0v) is 12.5. The lowest BCUT2D eigenvalue weighted by atomic mass is 10.1. The molecule has 1 unspecified atom stereocenters. The van der Waals surface area contributed by atoms with Crippen LogP contribution in [0.2, 0.25) is 0 Å². The zero-order valence-electron chi connectivity index (χ0n) is 12.5. The number of rotatable bonds is 5. The molecule has 1 aliphatic rings. The maximum atomic E-state index is 5.38. The highest BCUT2D eigenvalue weighted by Gasteiger charge is 2.16. The second-order valence-electron chi connectivity index (χ2n) is 5.69. The molecule has 0 saturated carbocycles. The lowest BCUT2D eigenvalue weighted by Crippen LogP contribution is -2.11. The van der Waals surface area contributed by atoms with Gasteiger partial charge in [0.05, 0.1) is 19.3 Å². The number of nitrogens with zero attached hydrogens (tertiary/aromatic N) is 4. The van der Waals surface area contributed by atoms with Gasteiger partial charge in [-0.3, -0.25) is 4.68 Å². The maximum absolute atomic E-state index is 5.38. The van der Waals surface area contributed by atoms with Crippen LogP contribution in [-0.2, 0) is 17.8 Å². The van der Waals surface area contributed by atoms with Crippen LogP contribution in [0.3, 0.4) is 0 Å². The Labute approximate surface area is 124 Å². The Morgan fingerprint density at radius 3 is 3.05 bits per heavy atom. The molecule has 0 aliphatic carbocycles. The monoisotopic (exact) mass is 287 g/mol. The van der Waals surface area contributed by atoms with Crippen molar-refractivity contribution in [3.8, 4) is 0 Å². The van der Waals surface area contributed by atoms with Crippen LogP contribution >= 0.6 is 0 Å². The summed E-state index contributed by atoms with van der Waals surface area (Å²) in [6, 6.07) is 4.10. The SMILES string of the molecule is Cc1cc(C)nc(NCc2cn(CC3CCOC3)nn2)c1. The molecule has 0 radical (unpaired) electrons. The summed E-state index contributed by atoms with van der Waals surface area (Å²) in [7, 11) is 0. The van der Waals surface area contributed by atoms with Gasteiger partial charge in [0.15, 0.2) is 0 Å². The van der Waals surface area contributed by atoms with Gasteiger partial charge in [0.25, 0.3) is 0 Å². The van der Waals surface area contributed by atoms with E-state index in [-0.39, 0.29) is 0 Å². The first-order valence-corrected chi connectivity index (χ1v) is 7.35. The first-order chi connectivity index (χ1) is 10.2. The van der Waals surface area contributed by atoms with E-state index in [0.717, 1.165) is 43.4 Å². The van der Waals surface area contributed by atoms with E-state index in [4.69, 9.17) is 4.74 Å². The Bertz CT molecular complexity index is 584. The molecule has 2 aromatic heterocycles. The van der Waals surface area contributed by atoms with Gasteiger partial charge in [0.2, 0.25) is 0 Å². The van der Waals surface area contributed by atoms with Gasteiger partial charge >= 0.3 is 0 Å². The molecule has 2 aromatic rings. The summed E-state index contributed by atoms with van der Waals surface area (Å²) in [5, 5.41) is 11.7. The molecule has 0 spiro atoms. The van der Waals surface area contributed by atoms with Crippen LogP contribution in [0.15, 0.2) is 18.3 Å². The molecule has 3 rings (SSSR count). The van der Waals surface area contributed by atoms with Gasteiger partial charge in [-0.05, 0) is 38.0 Å². The molecule has 1 atom stereocenters. The van der Waals surface area contributed by atoms with Crippen LogP contribution in [0.4, 0.5) is 5.82 Å². The molecule has 6 heteroatoms. The molecule has 0 aromatic carbocycles. The molecule has 3 heterocycles. The Balaban J connectivity index is 1.56. The third-order valence-electron chi connectivity index (χ3n) is 3.60. The summed E-state index contributed by atoms with van der Waals surface area (Å²) in [6.45, 7) is 7.29. The second-order valence-corrected chi connectivity index (χ2v) is 5.69. The van der Waals surface area contributed by atoms with Crippen molar-refractivity contribution in [1.29, 1.82) is 0 Å². The number of ether oxygens (including phenoxy) is 1. The molecule has 0 bridgehead atoms. The number of aryl methyl sites for hydroxylation is 2. The molecule has 1 aliphatic heterocycles. The van der Waals surface area contributed by atoms with Gasteiger partial charge in [-0.15, -0.1) is 5.10 Å². The number of aromatic nitrogens is 4. The fraction of sp³-hybridized carbons (Fsp3) is 0.533. The first-order valence-electron chi connectivity index (χ1n) is 7.35. The largest absolute Gasteiger partial charge is 0.381 e. The van der Waals surface area contributed by atoms with Crippen molar-refractivity contribution in [1.82, 2.24) is 20.0 Å². The summed E-state index contributed by atoms with van der Waals surface area (Å²) in [6.07, 6.45) is 3.11. The Kier molecular flexibility index (Phi) is 4.15. The lowest BCUT2D eigenvalue weighted by Gasteiger charge is -2.06. The molecule has 6 nitrogen and oxygen atoms in total. The van der Waals surface area contributed by atoms with E-state index in [9.17, 15) is 0 Å². The predicted octanol–water partition coefficient (Wildman–Crippen LogP) is 1.94. The average Bonchev–Trinajstić information content (AvgIpc) is 3.08. The zero-order chi connectivity index (χ0) is 14.7. The van der Waals surface area contributed by atoms with Crippen molar-refractivity contribution in [2.45, 2.75) is 33.4 Å². The molecule has 0 amide bonds. The van der Waals surface area contributed by atoms with Gasteiger partial charge in [-0.25, -0.2) is 4.98 Å². The van der Waals surface area contributed by atoms with Gasteiger partial charge in [-0.2, -0.15) is 0 Å². The Morgan fingerprint density at radius 2 is 2.29 bits per heavy atom. The Hall–Kier alpha value is -1.95. The number of nitrogens with one attached hydrogen (secondary N) is 1. The molecule has 112 valence electrons. The third-order valence-corrected chi connectivity index (χ3v) is 3.60. The topological polar surface area (TPSA) is 64.9 Å². The maximum Gasteiger partial charge on any atom is 0.126 e. The molecule has 21 heavy (non-hydrogen) atoms. The number of hydrogen-bond acceptors (Lipinski definition) is 5. The minimum Gasteiger partial charge on any atom is -0.381 e. The van der Waals surface area contributed by atoms with Crippen LogP contribution in [0.25, 0.3) is 0 Å². The third kappa shape index (κ3) is 3.78. The fourth-order valence-corrected chi connectivity index (χ4v) is 2.61. The average molecular weight is 287 g/mol. The number of pyridine rings is 1. The van der Waals surface area contributed by atoms with Crippen LogP contribution in [0, 0.1) is 19.8 Å². The van der Waals surface area contributed by atoms with E-state index in [0.29, 0.717) is 12.5 Å². The normalized spacial score (nSPS) is 18.1. The summed E-state index contributed by atoms with van der Waals surface area (Å²) in [5.41, 5.74) is 3.15. The Morgan fingerprint density at radius 1 is 1.38 bits per heavy atom. The van der Waals surface area contributed by atoms with Gasteiger partial charge in [0, 0.05) is 24.8 Å². The number of hydrogen-bond donors (Lipinski definition) is 1.